The predicted molar refractivity (Wildman–Crippen MR) is 105 cm³/mol. The summed E-state index contributed by atoms with van der Waals surface area (Å²) in [6.45, 7) is 12.9. The Kier molecular flexibility index (Phi) is 4.85. The fourth-order valence-corrected chi connectivity index (χ4v) is 3.68. The Bertz CT molecular complexity index is 881. The second kappa shape index (κ2) is 6.91. The van der Waals surface area contributed by atoms with E-state index in [0.29, 0.717) is 0 Å². The summed E-state index contributed by atoms with van der Waals surface area (Å²) in [7, 11) is 0. The molecule has 0 radical (unpaired) electrons. The lowest BCUT2D eigenvalue weighted by molar-refractivity contribution is 0.182. The van der Waals surface area contributed by atoms with E-state index in [1.807, 2.05) is 13.0 Å². The van der Waals surface area contributed by atoms with Gasteiger partial charge in [0.2, 0.25) is 5.88 Å². The summed E-state index contributed by atoms with van der Waals surface area (Å²) in [4.78, 5) is 4.82. The average molecular weight is 336 g/mol. The number of fused-ring (bicyclic) bond motifs is 1. The van der Waals surface area contributed by atoms with Crippen LogP contribution in [0.25, 0.3) is 16.8 Å². The molecule has 25 heavy (non-hydrogen) atoms. The van der Waals surface area contributed by atoms with Crippen molar-refractivity contribution in [2.75, 3.05) is 0 Å². The van der Waals surface area contributed by atoms with Crippen molar-refractivity contribution in [1.82, 2.24) is 9.38 Å². The molecule has 0 aliphatic carbocycles. The van der Waals surface area contributed by atoms with Crippen LogP contribution < -0.4 is 4.74 Å². The zero-order valence-corrected chi connectivity index (χ0v) is 16.2. The van der Waals surface area contributed by atoms with E-state index in [4.69, 9.17) is 9.72 Å². The minimum Gasteiger partial charge on any atom is -0.475 e. The molecule has 0 atom stereocenters. The smallest absolute Gasteiger partial charge is 0.201 e. The van der Waals surface area contributed by atoms with Crippen LogP contribution in [0.5, 0.6) is 5.88 Å². The summed E-state index contributed by atoms with van der Waals surface area (Å²) < 4.78 is 8.34. The van der Waals surface area contributed by atoms with E-state index in [0.717, 1.165) is 30.1 Å². The van der Waals surface area contributed by atoms with Gasteiger partial charge in [-0.15, -0.1) is 0 Å². The van der Waals surface area contributed by atoms with Gasteiger partial charge in [-0.3, -0.25) is 4.40 Å². The summed E-state index contributed by atoms with van der Waals surface area (Å²) in [5.74, 6) is 0.880. The van der Waals surface area contributed by atoms with Gasteiger partial charge in [-0.1, -0.05) is 31.5 Å². The van der Waals surface area contributed by atoms with Crippen molar-refractivity contribution in [3.8, 4) is 17.0 Å². The Morgan fingerprint density at radius 3 is 2.24 bits per heavy atom. The number of benzene rings is 1. The highest BCUT2D eigenvalue weighted by molar-refractivity contribution is 5.83. The Morgan fingerprint density at radius 1 is 1.00 bits per heavy atom. The number of hydrogen-bond donors (Lipinski definition) is 0. The first-order valence-electron chi connectivity index (χ1n) is 9.18. The molecule has 3 rings (SSSR count). The number of aromatic nitrogens is 2. The number of ether oxygens (including phenoxy) is 1. The molecule has 0 spiro atoms. The highest BCUT2D eigenvalue weighted by atomic mass is 16.5. The highest BCUT2D eigenvalue weighted by Crippen LogP contribution is 2.33. The van der Waals surface area contributed by atoms with Crippen LogP contribution in [0, 0.1) is 27.7 Å². The molecule has 0 aliphatic rings. The molecule has 0 aliphatic heterocycles. The van der Waals surface area contributed by atoms with Crippen LogP contribution in [0.3, 0.4) is 0 Å². The van der Waals surface area contributed by atoms with E-state index in [1.165, 1.54) is 27.8 Å². The fourth-order valence-electron chi connectivity index (χ4n) is 3.68. The molecular formula is C22H28N2O. The molecule has 0 N–H and O–H groups in total. The van der Waals surface area contributed by atoms with Crippen LogP contribution in [0.1, 0.15) is 49.1 Å². The van der Waals surface area contributed by atoms with Gasteiger partial charge in [0.1, 0.15) is 5.65 Å². The van der Waals surface area contributed by atoms with E-state index in [1.54, 1.807) is 0 Å². The van der Waals surface area contributed by atoms with Gasteiger partial charge in [0.05, 0.1) is 6.10 Å². The maximum atomic E-state index is 6.26. The van der Waals surface area contributed by atoms with Gasteiger partial charge in [0.15, 0.2) is 0 Å². The number of hydrogen-bond acceptors (Lipinski definition) is 2. The zero-order valence-electron chi connectivity index (χ0n) is 16.2. The molecule has 3 nitrogen and oxygen atoms in total. The lowest BCUT2D eigenvalue weighted by Gasteiger charge is -2.17. The van der Waals surface area contributed by atoms with E-state index < -0.39 is 0 Å². The molecule has 3 heteroatoms. The van der Waals surface area contributed by atoms with Crippen LogP contribution in [-0.4, -0.2) is 15.5 Å². The summed E-state index contributed by atoms with van der Waals surface area (Å²) in [6, 6.07) is 8.67. The van der Waals surface area contributed by atoms with Crippen LogP contribution in [0.4, 0.5) is 0 Å². The molecule has 0 fully saturated rings. The van der Waals surface area contributed by atoms with Crippen LogP contribution in [-0.2, 0) is 0 Å². The molecule has 132 valence electrons. The molecule has 2 heterocycles. The summed E-state index contributed by atoms with van der Waals surface area (Å²) in [5, 5.41) is 0. The van der Waals surface area contributed by atoms with Crippen molar-refractivity contribution in [1.29, 1.82) is 0 Å². The van der Waals surface area contributed by atoms with Crippen molar-refractivity contribution in [2.45, 2.75) is 60.5 Å². The molecule has 2 aromatic heterocycles. The number of nitrogens with zero attached hydrogens (tertiary/aromatic N) is 2. The Labute approximate surface area is 150 Å². The Hall–Kier alpha value is -2.29. The Morgan fingerprint density at radius 2 is 1.64 bits per heavy atom. The van der Waals surface area contributed by atoms with Gasteiger partial charge in [0.25, 0.3) is 0 Å². The molecule has 0 bridgehead atoms. The van der Waals surface area contributed by atoms with Crippen LogP contribution >= 0.6 is 0 Å². The molecule has 0 saturated carbocycles. The SMILES string of the molecule is CCC(CC)Oc1cc(C)nc2c(-c3c(C)cc(C)cc3C)ccn12. The first-order chi connectivity index (χ1) is 11.9. The van der Waals surface area contributed by atoms with Crippen molar-refractivity contribution in [3.05, 3.63) is 52.8 Å². The third-order valence-electron chi connectivity index (χ3n) is 4.86. The topological polar surface area (TPSA) is 26.5 Å². The van der Waals surface area contributed by atoms with E-state index in [-0.39, 0.29) is 6.10 Å². The third kappa shape index (κ3) is 3.28. The van der Waals surface area contributed by atoms with Crippen LogP contribution in [0.2, 0.25) is 0 Å². The lowest BCUT2D eigenvalue weighted by atomic mass is 9.95. The number of rotatable bonds is 5. The zero-order chi connectivity index (χ0) is 18.1. The van der Waals surface area contributed by atoms with Gasteiger partial charge in [-0.25, -0.2) is 4.98 Å². The predicted octanol–water partition coefficient (Wildman–Crippen LogP) is 5.80. The average Bonchev–Trinajstić information content (AvgIpc) is 2.95. The quantitative estimate of drug-likeness (QED) is 0.588. The normalized spacial score (nSPS) is 11.5. The number of aryl methyl sites for hydroxylation is 4. The Balaban J connectivity index is 2.19. The largest absolute Gasteiger partial charge is 0.475 e. The maximum absolute atomic E-state index is 6.26. The standard InChI is InChI=1S/C22H28N2O/c1-7-18(8-2)25-20-13-17(6)23-22-19(9-10-24(20)22)21-15(4)11-14(3)12-16(21)5/h9-13,18H,7-8H2,1-6H3. The lowest BCUT2D eigenvalue weighted by Crippen LogP contribution is -2.15. The molecule has 0 amide bonds. The first-order valence-corrected chi connectivity index (χ1v) is 9.18. The summed E-state index contributed by atoms with van der Waals surface area (Å²) in [5.41, 5.74) is 8.27. The summed E-state index contributed by atoms with van der Waals surface area (Å²) in [6.07, 6.45) is 4.32. The van der Waals surface area contributed by atoms with E-state index >= 15 is 0 Å². The van der Waals surface area contributed by atoms with Gasteiger partial charge in [0, 0.05) is 23.5 Å². The highest BCUT2D eigenvalue weighted by Gasteiger charge is 2.16. The van der Waals surface area contributed by atoms with E-state index in [9.17, 15) is 0 Å². The molecular weight excluding hydrogens is 308 g/mol. The monoisotopic (exact) mass is 336 g/mol. The van der Waals surface area contributed by atoms with Gasteiger partial charge >= 0.3 is 0 Å². The van der Waals surface area contributed by atoms with Crippen molar-refractivity contribution in [2.24, 2.45) is 0 Å². The van der Waals surface area contributed by atoms with Crippen molar-refractivity contribution >= 4 is 5.65 Å². The second-order valence-corrected chi connectivity index (χ2v) is 6.99. The minimum atomic E-state index is 0.235. The van der Waals surface area contributed by atoms with Gasteiger partial charge in [-0.05, 0) is 63.3 Å². The molecule has 3 aromatic rings. The second-order valence-electron chi connectivity index (χ2n) is 6.99. The van der Waals surface area contributed by atoms with Crippen molar-refractivity contribution < 1.29 is 4.74 Å². The van der Waals surface area contributed by atoms with Gasteiger partial charge in [-0.2, -0.15) is 0 Å². The van der Waals surface area contributed by atoms with Gasteiger partial charge < -0.3 is 4.74 Å². The van der Waals surface area contributed by atoms with E-state index in [2.05, 4.69) is 63.4 Å². The molecule has 0 unspecified atom stereocenters. The maximum Gasteiger partial charge on any atom is 0.201 e. The molecule has 1 aromatic carbocycles. The summed E-state index contributed by atoms with van der Waals surface area (Å²) >= 11 is 0. The third-order valence-corrected chi connectivity index (χ3v) is 4.86. The van der Waals surface area contributed by atoms with Crippen LogP contribution in [0.15, 0.2) is 30.5 Å². The fraction of sp³-hybridized carbons (Fsp3) is 0.409. The molecule has 0 saturated heterocycles. The minimum absolute atomic E-state index is 0.235. The van der Waals surface area contributed by atoms with Crippen molar-refractivity contribution in [3.63, 3.8) is 0 Å². The first kappa shape index (κ1) is 17.5.